The van der Waals surface area contributed by atoms with Crippen molar-refractivity contribution in [1.29, 1.82) is 0 Å². The van der Waals surface area contributed by atoms with Crippen molar-refractivity contribution in [2.24, 2.45) is 0 Å². The minimum atomic E-state index is -3.51. The van der Waals surface area contributed by atoms with Crippen LogP contribution in [0.25, 0.3) is 0 Å². The third kappa shape index (κ3) is 4.42. The Labute approximate surface area is 141 Å². The van der Waals surface area contributed by atoms with E-state index in [1.807, 2.05) is 0 Å². The largest absolute Gasteiger partial charge is 0.344 e. The highest BCUT2D eigenvalue weighted by Gasteiger charge is 2.25. The van der Waals surface area contributed by atoms with Crippen LogP contribution in [0.1, 0.15) is 19.3 Å². The number of amides is 2. The number of nitrogens with zero attached hydrogens (tertiary/aromatic N) is 1. The minimum Gasteiger partial charge on any atom is -0.344 e. The first-order valence-corrected chi connectivity index (χ1v) is 9.19. The lowest BCUT2D eigenvalue weighted by molar-refractivity contribution is -0.136. The minimum absolute atomic E-state index is 0.179. The van der Waals surface area contributed by atoms with Crippen molar-refractivity contribution in [1.82, 2.24) is 9.62 Å². The molecule has 1 aliphatic rings. The fourth-order valence-electron chi connectivity index (χ4n) is 2.40. The fraction of sp³-hybridized carbons (Fsp3) is 0.375. The maximum Gasteiger partial charge on any atom is 0.313 e. The Kier molecular flexibility index (Phi) is 6.10. The Morgan fingerprint density at radius 1 is 1.08 bits per heavy atom. The summed E-state index contributed by atoms with van der Waals surface area (Å²) in [6.07, 6.45) is 4.25. The fourth-order valence-corrected chi connectivity index (χ4v) is 3.91. The molecule has 1 heterocycles. The van der Waals surface area contributed by atoms with E-state index >= 15 is 0 Å². The topological polar surface area (TPSA) is 95.6 Å². The Morgan fingerprint density at radius 3 is 2.29 bits per heavy atom. The van der Waals surface area contributed by atoms with Crippen LogP contribution in [-0.4, -0.2) is 44.2 Å². The predicted octanol–water partition coefficient (Wildman–Crippen LogP) is 1.10. The molecular formula is C16H21N3O4S. The molecule has 2 rings (SSSR count). The third-order valence-corrected chi connectivity index (χ3v) is 5.59. The Hall–Kier alpha value is -2.19. The number of hydrogen-bond acceptors (Lipinski definition) is 4. The van der Waals surface area contributed by atoms with Gasteiger partial charge in [0.2, 0.25) is 10.0 Å². The van der Waals surface area contributed by atoms with E-state index in [-0.39, 0.29) is 11.4 Å². The molecule has 1 aromatic carbocycles. The van der Waals surface area contributed by atoms with E-state index in [1.54, 1.807) is 0 Å². The second-order valence-electron chi connectivity index (χ2n) is 5.44. The molecule has 1 aromatic rings. The van der Waals surface area contributed by atoms with Crippen LogP contribution in [0.4, 0.5) is 5.69 Å². The molecule has 1 aliphatic heterocycles. The van der Waals surface area contributed by atoms with E-state index in [0.29, 0.717) is 18.8 Å². The second-order valence-corrected chi connectivity index (χ2v) is 7.38. The van der Waals surface area contributed by atoms with Crippen molar-refractivity contribution in [3.8, 4) is 0 Å². The van der Waals surface area contributed by atoms with Crippen molar-refractivity contribution in [3.63, 3.8) is 0 Å². The Balaban J connectivity index is 2.03. The first kappa shape index (κ1) is 18.2. The number of carbonyl (C=O) groups is 2. The van der Waals surface area contributed by atoms with Gasteiger partial charge in [-0.2, -0.15) is 4.31 Å². The number of carbonyl (C=O) groups excluding carboxylic acids is 2. The van der Waals surface area contributed by atoms with Gasteiger partial charge in [-0.15, -0.1) is 6.58 Å². The monoisotopic (exact) mass is 351 g/mol. The van der Waals surface area contributed by atoms with E-state index in [4.69, 9.17) is 0 Å². The Bertz CT molecular complexity index is 707. The molecule has 24 heavy (non-hydrogen) atoms. The van der Waals surface area contributed by atoms with Crippen molar-refractivity contribution in [2.45, 2.75) is 24.2 Å². The molecule has 2 N–H and O–H groups in total. The van der Waals surface area contributed by atoms with E-state index < -0.39 is 21.8 Å². The molecule has 8 heteroatoms. The molecule has 0 atom stereocenters. The van der Waals surface area contributed by atoms with Gasteiger partial charge in [-0.1, -0.05) is 12.5 Å². The van der Waals surface area contributed by atoms with Gasteiger partial charge >= 0.3 is 11.8 Å². The summed E-state index contributed by atoms with van der Waals surface area (Å²) in [6, 6.07) is 5.80. The van der Waals surface area contributed by atoms with Crippen molar-refractivity contribution in [2.75, 3.05) is 25.0 Å². The third-order valence-electron chi connectivity index (χ3n) is 3.68. The Morgan fingerprint density at radius 2 is 1.71 bits per heavy atom. The smallest absolute Gasteiger partial charge is 0.313 e. The standard InChI is InChI=1S/C16H21N3O4S/c1-2-10-17-15(20)16(21)18-13-6-8-14(9-7-13)24(22,23)19-11-4-3-5-12-19/h2,6-9H,1,3-5,10-12H2,(H,17,20)(H,18,21). The lowest BCUT2D eigenvalue weighted by Gasteiger charge is -2.25. The van der Waals surface area contributed by atoms with Gasteiger partial charge in [0.15, 0.2) is 0 Å². The van der Waals surface area contributed by atoms with Gasteiger partial charge in [0, 0.05) is 25.3 Å². The molecule has 0 spiro atoms. The summed E-state index contributed by atoms with van der Waals surface area (Å²) < 4.78 is 26.5. The number of piperidine rings is 1. The molecule has 130 valence electrons. The van der Waals surface area contributed by atoms with Gasteiger partial charge in [0.05, 0.1) is 4.90 Å². The molecule has 1 fully saturated rings. The van der Waals surface area contributed by atoms with Crippen LogP contribution >= 0.6 is 0 Å². The van der Waals surface area contributed by atoms with Crippen LogP contribution in [0.3, 0.4) is 0 Å². The van der Waals surface area contributed by atoms with E-state index in [2.05, 4.69) is 17.2 Å². The number of sulfonamides is 1. The highest BCUT2D eigenvalue weighted by atomic mass is 32.2. The zero-order chi connectivity index (χ0) is 17.6. The van der Waals surface area contributed by atoms with Gasteiger partial charge in [-0.25, -0.2) is 8.42 Å². The summed E-state index contributed by atoms with van der Waals surface area (Å²) in [5, 5.41) is 4.77. The molecule has 7 nitrogen and oxygen atoms in total. The average molecular weight is 351 g/mol. The van der Waals surface area contributed by atoms with Gasteiger partial charge in [0.1, 0.15) is 0 Å². The molecular weight excluding hydrogens is 330 g/mol. The number of rotatable bonds is 5. The van der Waals surface area contributed by atoms with E-state index in [9.17, 15) is 18.0 Å². The van der Waals surface area contributed by atoms with Crippen LogP contribution in [0.5, 0.6) is 0 Å². The maximum atomic E-state index is 12.5. The van der Waals surface area contributed by atoms with Crippen LogP contribution in [0, 0.1) is 0 Å². The number of benzene rings is 1. The molecule has 0 aliphatic carbocycles. The summed E-state index contributed by atoms with van der Waals surface area (Å²) in [7, 11) is -3.51. The number of nitrogens with one attached hydrogen (secondary N) is 2. The quantitative estimate of drug-likeness (QED) is 0.613. The number of hydrogen-bond donors (Lipinski definition) is 2. The second kappa shape index (κ2) is 8.07. The lowest BCUT2D eigenvalue weighted by Crippen LogP contribution is -2.36. The van der Waals surface area contributed by atoms with Crippen LogP contribution in [-0.2, 0) is 19.6 Å². The normalized spacial score (nSPS) is 15.5. The van der Waals surface area contributed by atoms with Gasteiger partial charge in [-0.05, 0) is 37.1 Å². The van der Waals surface area contributed by atoms with Gasteiger partial charge in [0.25, 0.3) is 0 Å². The molecule has 0 saturated carbocycles. The van der Waals surface area contributed by atoms with Gasteiger partial charge < -0.3 is 10.6 Å². The average Bonchev–Trinajstić information content (AvgIpc) is 2.60. The highest BCUT2D eigenvalue weighted by Crippen LogP contribution is 2.21. The van der Waals surface area contributed by atoms with Crippen LogP contribution in [0.15, 0.2) is 41.8 Å². The zero-order valence-corrected chi connectivity index (χ0v) is 14.1. The van der Waals surface area contributed by atoms with E-state index in [0.717, 1.165) is 19.3 Å². The van der Waals surface area contributed by atoms with Crippen LogP contribution < -0.4 is 10.6 Å². The summed E-state index contributed by atoms with van der Waals surface area (Å²) >= 11 is 0. The first-order chi connectivity index (χ1) is 11.4. The van der Waals surface area contributed by atoms with Crippen molar-refractivity contribution >= 4 is 27.5 Å². The molecule has 0 aromatic heterocycles. The maximum absolute atomic E-state index is 12.5. The lowest BCUT2D eigenvalue weighted by atomic mass is 10.2. The molecule has 0 radical (unpaired) electrons. The van der Waals surface area contributed by atoms with Crippen LogP contribution in [0.2, 0.25) is 0 Å². The predicted molar refractivity (Wildman–Crippen MR) is 90.9 cm³/mol. The summed E-state index contributed by atoms with van der Waals surface area (Å²) in [5.41, 5.74) is 0.353. The summed E-state index contributed by atoms with van der Waals surface area (Å²) in [5.74, 6) is -1.59. The van der Waals surface area contributed by atoms with Crippen molar-refractivity contribution < 1.29 is 18.0 Å². The SMILES string of the molecule is C=CCNC(=O)C(=O)Nc1ccc(S(=O)(=O)N2CCCCC2)cc1. The summed E-state index contributed by atoms with van der Waals surface area (Å²) in [4.78, 5) is 23.3. The summed E-state index contributed by atoms with van der Waals surface area (Å²) in [6.45, 7) is 4.70. The number of anilines is 1. The first-order valence-electron chi connectivity index (χ1n) is 7.75. The zero-order valence-electron chi connectivity index (χ0n) is 13.3. The van der Waals surface area contributed by atoms with Crippen molar-refractivity contribution in [3.05, 3.63) is 36.9 Å². The molecule has 2 amide bonds. The highest BCUT2D eigenvalue weighted by molar-refractivity contribution is 7.89. The molecule has 1 saturated heterocycles. The molecule has 0 bridgehead atoms. The van der Waals surface area contributed by atoms with Gasteiger partial charge in [-0.3, -0.25) is 9.59 Å². The molecule has 0 unspecified atom stereocenters. The van der Waals surface area contributed by atoms with E-state index in [1.165, 1.54) is 34.6 Å².